The zero-order valence-corrected chi connectivity index (χ0v) is 12.7. The number of hydrogen-bond acceptors (Lipinski definition) is 3. The molecular formula is C17H23N3O. The molecular weight excluding hydrogens is 262 g/mol. The minimum atomic E-state index is 0.301. The molecule has 0 amide bonds. The highest BCUT2D eigenvalue weighted by molar-refractivity contribution is 5.31. The van der Waals surface area contributed by atoms with Crippen molar-refractivity contribution in [2.45, 2.75) is 32.4 Å². The number of rotatable bonds is 5. The summed E-state index contributed by atoms with van der Waals surface area (Å²) in [4.78, 5) is 0. The Bertz CT molecular complexity index is 566. The molecule has 1 aromatic heterocycles. The van der Waals surface area contributed by atoms with Crippen molar-refractivity contribution in [2.24, 2.45) is 5.92 Å². The van der Waals surface area contributed by atoms with E-state index in [0.29, 0.717) is 18.1 Å². The van der Waals surface area contributed by atoms with Crippen LogP contribution in [0.25, 0.3) is 5.69 Å². The Kier molecular flexibility index (Phi) is 4.36. The van der Waals surface area contributed by atoms with Crippen molar-refractivity contribution in [2.75, 3.05) is 13.2 Å². The van der Waals surface area contributed by atoms with Crippen LogP contribution in [0, 0.1) is 5.92 Å². The highest BCUT2D eigenvalue weighted by Gasteiger charge is 2.24. The van der Waals surface area contributed by atoms with Crippen LogP contribution in [0.5, 0.6) is 0 Å². The number of ether oxygens (including phenoxy) is 1. The monoisotopic (exact) mass is 285 g/mol. The van der Waals surface area contributed by atoms with Gasteiger partial charge in [-0.1, -0.05) is 18.2 Å². The van der Waals surface area contributed by atoms with Crippen molar-refractivity contribution in [1.29, 1.82) is 0 Å². The minimum Gasteiger partial charge on any atom is -0.378 e. The lowest BCUT2D eigenvalue weighted by molar-refractivity contribution is 0.105. The summed E-state index contributed by atoms with van der Waals surface area (Å²) in [7, 11) is 0. The first-order chi connectivity index (χ1) is 10.2. The maximum absolute atomic E-state index is 5.61. The fraction of sp³-hybridized carbons (Fsp3) is 0.471. The normalized spacial score (nSPS) is 23.3. The van der Waals surface area contributed by atoms with Gasteiger partial charge in [-0.15, -0.1) is 0 Å². The fourth-order valence-corrected chi connectivity index (χ4v) is 2.77. The molecule has 4 nitrogen and oxygen atoms in total. The van der Waals surface area contributed by atoms with E-state index in [1.807, 2.05) is 29.1 Å². The van der Waals surface area contributed by atoms with E-state index in [4.69, 9.17) is 4.74 Å². The molecule has 4 heteroatoms. The Hall–Kier alpha value is -1.65. The van der Waals surface area contributed by atoms with Crippen LogP contribution >= 0.6 is 0 Å². The highest BCUT2D eigenvalue weighted by Crippen LogP contribution is 2.21. The van der Waals surface area contributed by atoms with E-state index in [1.54, 1.807) is 0 Å². The molecule has 1 aliphatic heterocycles. The van der Waals surface area contributed by atoms with E-state index < -0.39 is 0 Å². The molecule has 21 heavy (non-hydrogen) atoms. The zero-order chi connectivity index (χ0) is 14.7. The topological polar surface area (TPSA) is 39.1 Å². The van der Waals surface area contributed by atoms with E-state index in [0.717, 1.165) is 25.3 Å². The van der Waals surface area contributed by atoms with Gasteiger partial charge in [0.1, 0.15) is 0 Å². The fourth-order valence-electron chi connectivity index (χ4n) is 2.77. The van der Waals surface area contributed by atoms with Gasteiger partial charge in [-0.2, -0.15) is 5.10 Å². The Morgan fingerprint density at radius 1 is 1.38 bits per heavy atom. The molecule has 1 aromatic carbocycles. The van der Waals surface area contributed by atoms with Crippen LogP contribution in [0.2, 0.25) is 0 Å². The van der Waals surface area contributed by atoms with Gasteiger partial charge in [-0.25, -0.2) is 4.68 Å². The van der Waals surface area contributed by atoms with Crippen molar-refractivity contribution < 1.29 is 4.74 Å². The number of para-hydroxylation sites is 1. The van der Waals surface area contributed by atoms with E-state index in [1.165, 1.54) is 5.56 Å². The van der Waals surface area contributed by atoms with Crippen molar-refractivity contribution in [3.05, 3.63) is 48.3 Å². The highest BCUT2D eigenvalue weighted by atomic mass is 16.5. The van der Waals surface area contributed by atoms with Crippen molar-refractivity contribution in [3.8, 4) is 5.69 Å². The molecule has 0 bridgehead atoms. The largest absolute Gasteiger partial charge is 0.378 e. The Labute approximate surface area is 126 Å². The second-order valence-electron chi connectivity index (χ2n) is 5.81. The first kappa shape index (κ1) is 14.3. The van der Waals surface area contributed by atoms with Crippen LogP contribution in [-0.4, -0.2) is 29.0 Å². The molecule has 0 saturated carbocycles. The predicted octanol–water partition coefficient (Wildman–Crippen LogP) is 2.95. The maximum Gasteiger partial charge on any atom is 0.0645 e. The molecule has 0 spiro atoms. The molecule has 1 aliphatic rings. The average Bonchev–Trinajstić information content (AvgIpc) is 3.15. The van der Waals surface area contributed by atoms with Crippen LogP contribution in [0.15, 0.2) is 42.7 Å². The first-order valence-corrected chi connectivity index (χ1v) is 7.69. The number of nitrogens with zero attached hydrogens (tertiary/aromatic N) is 2. The minimum absolute atomic E-state index is 0.301. The van der Waals surface area contributed by atoms with Gasteiger partial charge < -0.3 is 10.1 Å². The Balaban J connectivity index is 1.60. The van der Waals surface area contributed by atoms with Gasteiger partial charge in [0.2, 0.25) is 0 Å². The molecule has 2 heterocycles. The number of hydrogen-bond donors (Lipinski definition) is 1. The molecule has 1 saturated heterocycles. The van der Waals surface area contributed by atoms with Gasteiger partial charge >= 0.3 is 0 Å². The van der Waals surface area contributed by atoms with Crippen LogP contribution in [-0.2, 0) is 4.74 Å². The van der Waals surface area contributed by atoms with Gasteiger partial charge in [0.05, 0.1) is 18.0 Å². The lowest BCUT2D eigenvalue weighted by atomic mass is 10.0. The van der Waals surface area contributed by atoms with E-state index in [2.05, 4.69) is 42.6 Å². The quantitative estimate of drug-likeness (QED) is 0.918. The van der Waals surface area contributed by atoms with Crippen molar-refractivity contribution >= 4 is 0 Å². The molecule has 112 valence electrons. The standard InChI is InChI=1S/C17H23N3O/c1-13(18-10-15-8-9-21-14(15)2)16-11-19-20(12-16)17-6-4-3-5-7-17/h3-7,11-15,18H,8-10H2,1-2H3. The summed E-state index contributed by atoms with van der Waals surface area (Å²) in [6.45, 7) is 6.25. The van der Waals surface area contributed by atoms with E-state index in [9.17, 15) is 0 Å². The van der Waals surface area contributed by atoms with Gasteiger partial charge in [-0.05, 0) is 38.3 Å². The second-order valence-corrected chi connectivity index (χ2v) is 5.81. The third kappa shape index (κ3) is 3.34. The summed E-state index contributed by atoms with van der Waals surface area (Å²) in [6, 6.07) is 10.5. The van der Waals surface area contributed by atoms with Crippen LogP contribution in [0.1, 0.15) is 31.9 Å². The third-order valence-corrected chi connectivity index (χ3v) is 4.34. The van der Waals surface area contributed by atoms with Gasteiger partial charge in [0.15, 0.2) is 0 Å². The van der Waals surface area contributed by atoms with Crippen molar-refractivity contribution in [1.82, 2.24) is 15.1 Å². The lowest BCUT2D eigenvalue weighted by Gasteiger charge is -2.18. The summed E-state index contributed by atoms with van der Waals surface area (Å²) in [5.41, 5.74) is 2.30. The first-order valence-electron chi connectivity index (χ1n) is 7.69. The summed E-state index contributed by atoms with van der Waals surface area (Å²) >= 11 is 0. The number of benzene rings is 1. The average molecular weight is 285 g/mol. The molecule has 1 N–H and O–H groups in total. The number of nitrogens with one attached hydrogen (secondary N) is 1. The molecule has 2 aromatic rings. The molecule has 3 unspecified atom stereocenters. The second kappa shape index (κ2) is 6.41. The Morgan fingerprint density at radius 3 is 2.90 bits per heavy atom. The van der Waals surface area contributed by atoms with Crippen LogP contribution in [0.3, 0.4) is 0 Å². The Morgan fingerprint density at radius 2 is 2.19 bits per heavy atom. The van der Waals surface area contributed by atoms with Crippen molar-refractivity contribution in [3.63, 3.8) is 0 Å². The maximum atomic E-state index is 5.61. The molecule has 3 atom stereocenters. The lowest BCUT2D eigenvalue weighted by Crippen LogP contribution is -2.29. The summed E-state index contributed by atoms with van der Waals surface area (Å²) in [5, 5.41) is 8.06. The van der Waals surface area contributed by atoms with E-state index >= 15 is 0 Å². The molecule has 3 rings (SSSR count). The molecule has 0 radical (unpaired) electrons. The summed E-state index contributed by atoms with van der Waals surface area (Å²) < 4.78 is 7.53. The smallest absolute Gasteiger partial charge is 0.0645 e. The number of aromatic nitrogens is 2. The summed E-state index contributed by atoms with van der Waals surface area (Å²) in [5.74, 6) is 0.622. The van der Waals surface area contributed by atoms with Crippen LogP contribution < -0.4 is 5.32 Å². The van der Waals surface area contributed by atoms with Crippen LogP contribution in [0.4, 0.5) is 0 Å². The molecule has 1 fully saturated rings. The van der Waals surface area contributed by atoms with Gasteiger partial charge in [0, 0.05) is 31.0 Å². The van der Waals surface area contributed by atoms with E-state index in [-0.39, 0.29) is 0 Å². The SMILES string of the molecule is CC(NCC1CCOC1C)c1cnn(-c2ccccc2)c1. The zero-order valence-electron chi connectivity index (χ0n) is 12.7. The van der Waals surface area contributed by atoms with Gasteiger partial charge in [0.25, 0.3) is 0 Å². The molecule has 0 aliphatic carbocycles. The third-order valence-electron chi connectivity index (χ3n) is 4.34. The van der Waals surface area contributed by atoms with Gasteiger partial charge in [-0.3, -0.25) is 0 Å². The summed E-state index contributed by atoms with van der Waals surface area (Å²) in [6.07, 6.45) is 5.57. The predicted molar refractivity (Wildman–Crippen MR) is 83.5 cm³/mol.